The molecule has 3 fully saturated rings. The molecular weight excluding hydrogens is 244 g/mol. The van der Waals surface area contributed by atoms with Gasteiger partial charge >= 0.3 is 0 Å². The predicted molar refractivity (Wildman–Crippen MR) is 85.9 cm³/mol. The molecule has 0 aromatic carbocycles. The lowest BCUT2D eigenvalue weighted by atomic mass is 9.71. The molecule has 1 aliphatic heterocycles. The molecule has 2 saturated carbocycles. The minimum atomic E-state index is 0.515. The maximum Gasteiger partial charge on any atom is 0.00965 e. The summed E-state index contributed by atoms with van der Waals surface area (Å²) in [5.74, 6) is 1.87. The SMILES string of the molecule is CC(C)(C)C1CCC(NCC2CCN(C3CC3)C2)CC1. The molecule has 0 bridgehead atoms. The van der Waals surface area contributed by atoms with Crippen molar-refractivity contribution in [3.63, 3.8) is 0 Å². The van der Waals surface area contributed by atoms with Crippen LogP contribution >= 0.6 is 0 Å². The quantitative estimate of drug-likeness (QED) is 0.844. The molecule has 0 spiro atoms. The van der Waals surface area contributed by atoms with E-state index < -0.39 is 0 Å². The van der Waals surface area contributed by atoms with Crippen LogP contribution < -0.4 is 5.32 Å². The number of nitrogens with zero attached hydrogens (tertiary/aromatic N) is 1. The summed E-state index contributed by atoms with van der Waals surface area (Å²) in [5, 5.41) is 3.89. The Bertz CT molecular complexity index is 308. The van der Waals surface area contributed by atoms with Crippen molar-refractivity contribution in [3.8, 4) is 0 Å². The molecule has 3 aliphatic rings. The van der Waals surface area contributed by atoms with Crippen LogP contribution in [0.15, 0.2) is 0 Å². The highest BCUT2D eigenvalue weighted by Gasteiger charge is 2.35. The molecule has 1 saturated heterocycles. The summed E-state index contributed by atoms with van der Waals surface area (Å²) in [7, 11) is 0. The largest absolute Gasteiger partial charge is 0.314 e. The fourth-order valence-electron chi connectivity index (χ4n) is 4.30. The van der Waals surface area contributed by atoms with Gasteiger partial charge in [0.05, 0.1) is 0 Å². The molecule has 2 heteroatoms. The van der Waals surface area contributed by atoms with Crippen LogP contribution in [-0.2, 0) is 0 Å². The van der Waals surface area contributed by atoms with Crippen LogP contribution in [-0.4, -0.2) is 36.6 Å². The van der Waals surface area contributed by atoms with E-state index in [9.17, 15) is 0 Å². The van der Waals surface area contributed by atoms with Gasteiger partial charge < -0.3 is 10.2 Å². The van der Waals surface area contributed by atoms with Crippen molar-refractivity contribution >= 4 is 0 Å². The summed E-state index contributed by atoms with van der Waals surface area (Å²) in [4.78, 5) is 2.74. The molecule has 20 heavy (non-hydrogen) atoms. The van der Waals surface area contributed by atoms with Crippen LogP contribution in [0.25, 0.3) is 0 Å². The molecule has 116 valence electrons. The van der Waals surface area contributed by atoms with E-state index in [0.717, 1.165) is 23.9 Å². The molecule has 0 aromatic rings. The van der Waals surface area contributed by atoms with E-state index in [4.69, 9.17) is 0 Å². The standard InChI is InChI=1S/C18H34N2/c1-18(2,3)15-4-6-16(7-5-15)19-12-14-10-11-20(13-14)17-8-9-17/h14-17,19H,4-13H2,1-3H3. The second-order valence-electron chi connectivity index (χ2n) is 8.70. The fraction of sp³-hybridized carbons (Fsp3) is 1.00. The van der Waals surface area contributed by atoms with Gasteiger partial charge in [-0.15, -0.1) is 0 Å². The van der Waals surface area contributed by atoms with E-state index in [2.05, 4.69) is 31.0 Å². The zero-order valence-corrected chi connectivity index (χ0v) is 13.8. The van der Waals surface area contributed by atoms with Crippen molar-refractivity contribution in [1.82, 2.24) is 10.2 Å². The molecule has 1 atom stereocenters. The van der Waals surface area contributed by atoms with Crippen LogP contribution in [0.3, 0.4) is 0 Å². The molecule has 0 aromatic heterocycles. The fourth-order valence-corrected chi connectivity index (χ4v) is 4.30. The van der Waals surface area contributed by atoms with Crippen LogP contribution in [0.4, 0.5) is 0 Å². The van der Waals surface area contributed by atoms with Gasteiger partial charge in [-0.2, -0.15) is 0 Å². The molecule has 1 unspecified atom stereocenters. The van der Waals surface area contributed by atoms with Gasteiger partial charge in [-0.1, -0.05) is 20.8 Å². The first-order chi connectivity index (χ1) is 9.52. The molecule has 3 rings (SSSR count). The van der Waals surface area contributed by atoms with Crippen molar-refractivity contribution in [2.45, 2.75) is 77.8 Å². The van der Waals surface area contributed by atoms with Crippen molar-refractivity contribution in [2.75, 3.05) is 19.6 Å². The minimum Gasteiger partial charge on any atom is -0.314 e. The van der Waals surface area contributed by atoms with Crippen molar-refractivity contribution in [3.05, 3.63) is 0 Å². The Hall–Kier alpha value is -0.0800. The summed E-state index contributed by atoms with van der Waals surface area (Å²) >= 11 is 0. The Morgan fingerprint density at radius 1 is 0.950 bits per heavy atom. The maximum absolute atomic E-state index is 3.89. The van der Waals surface area contributed by atoms with Gasteiger partial charge in [0.2, 0.25) is 0 Å². The third-order valence-electron chi connectivity index (χ3n) is 6.03. The van der Waals surface area contributed by atoms with Gasteiger partial charge in [0, 0.05) is 18.6 Å². The van der Waals surface area contributed by atoms with Crippen molar-refractivity contribution in [1.29, 1.82) is 0 Å². The lowest BCUT2D eigenvalue weighted by molar-refractivity contribution is 0.158. The van der Waals surface area contributed by atoms with Crippen molar-refractivity contribution < 1.29 is 0 Å². The number of hydrogen-bond donors (Lipinski definition) is 1. The average molecular weight is 278 g/mol. The smallest absolute Gasteiger partial charge is 0.00965 e. The summed E-state index contributed by atoms with van der Waals surface area (Å²) in [5.41, 5.74) is 0.515. The third-order valence-corrected chi connectivity index (χ3v) is 6.03. The van der Waals surface area contributed by atoms with Crippen LogP contribution in [0.1, 0.15) is 65.7 Å². The molecule has 1 heterocycles. The molecule has 0 radical (unpaired) electrons. The van der Waals surface area contributed by atoms with Crippen LogP contribution in [0.2, 0.25) is 0 Å². The van der Waals surface area contributed by atoms with Crippen LogP contribution in [0.5, 0.6) is 0 Å². The topological polar surface area (TPSA) is 15.3 Å². The summed E-state index contributed by atoms with van der Waals surface area (Å²) in [6, 6.07) is 1.78. The second-order valence-corrected chi connectivity index (χ2v) is 8.70. The van der Waals surface area contributed by atoms with Gasteiger partial charge in [0.15, 0.2) is 0 Å². The predicted octanol–water partition coefficient (Wildman–Crippen LogP) is 3.67. The van der Waals surface area contributed by atoms with E-state index in [0.29, 0.717) is 5.41 Å². The molecule has 2 nitrogen and oxygen atoms in total. The third kappa shape index (κ3) is 3.76. The number of likely N-dealkylation sites (tertiary alicyclic amines) is 1. The van der Waals surface area contributed by atoms with Gasteiger partial charge in [-0.25, -0.2) is 0 Å². The molecule has 0 amide bonds. The number of hydrogen-bond acceptors (Lipinski definition) is 2. The Kier molecular flexibility index (Phi) is 4.42. The van der Waals surface area contributed by atoms with Gasteiger partial charge in [0.25, 0.3) is 0 Å². The Balaban J connectivity index is 1.34. The lowest BCUT2D eigenvalue weighted by Gasteiger charge is -2.37. The van der Waals surface area contributed by atoms with Gasteiger partial charge in [-0.05, 0) is 75.3 Å². The Morgan fingerprint density at radius 2 is 1.65 bits per heavy atom. The van der Waals surface area contributed by atoms with E-state index in [1.807, 2.05) is 0 Å². The Morgan fingerprint density at radius 3 is 2.25 bits per heavy atom. The molecule has 2 aliphatic carbocycles. The summed E-state index contributed by atoms with van der Waals surface area (Å²) in [6.45, 7) is 11.3. The maximum atomic E-state index is 3.89. The summed E-state index contributed by atoms with van der Waals surface area (Å²) in [6.07, 6.45) is 10.0. The number of rotatable bonds is 4. The zero-order chi connectivity index (χ0) is 14.2. The molecule has 1 N–H and O–H groups in total. The normalized spacial score (nSPS) is 36.5. The lowest BCUT2D eigenvalue weighted by Crippen LogP contribution is -2.39. The average Bonchev–Trinajstić information content (AvgIpc) is 3.15. The molecular formula is C18H34N2. The highest BCUT2D eigenvalue weighted by atomic mass is 15.2. The second kappa shape index (κ2) is 5.96. The highest BCUT2D eigenvalue weighted by Crippen LogP contribution is 2.38. The first kappa shape index (κ1) is 14.8. The Labute approximate surface area is 125 Å². The van der Waals surface area contributed by atoms with E-state index in [1.165, 1.54) is 64.6 Å². The van der Waals surface area contributed by atoms with E-state index in [-0.39, 0.29) is 0 Å². The van der Waals surface area contributed by atoms with Gasteiger partial charge in [-0.3, -0.25) is 0 Å². The van der Waals surface area contributed by atoms with E-state index >= 15 is 0 Å². The first-order valence-electron chi connectivity index (χ1n) is 9.00. The van der Waals surface area contributed by atoms with Crippen molar-refractivity contribution in [2.24, 2.45) is 17.3 Å². The first-order valence-corrected chi connectivity index (χ1v) is 9.00. The monoisotopic (exact) mass is 278 g/mol. The minimum absolute atomic E-state index is 0.515. The van der Waals surface area contributed by atoms with E-state index in [1.54, 1.807) is 0 Å². The highest BCUT2D eigenvalue weighted by molar-refractivity contribution is 4.90. The van der Waals surface area contributed by atoms with Gasteiger partial charge in [0.1, 0.15) is 0 Å². The zero-order valence-electron chi connectivity index (χ0n) is 13.8. The number of nitrogens with one attached hydrogen (secondary N) is 1. The van der Waals surface area contributed by atoms with Crippen LogP contribution in [0, 0.1) is 17.3 Å². The summed E-state index contributed by atoms with van der Waals surface area (Å²) < 4.78 is 0.